The van der Waals surface area contributed by atoms with Gasteiger partial charge in [-0.2, -0.15) is 0 Å². The number of aryl methyl sites for hydroxylation is 1. The number of rotatable bonds is 2. The van der Waals surface area contributed by atoms with Gasteiger partial charge in [-0.3, -0.25) is 19.7 Å². The van der Waals surface area contributed by atoms with E-state index in [1.54, 1.807) is 13.0 Å². The number of amides is 3. The molecule has 0 aliphatic carbocycles. The van der Waals surface area contributed by atoms with E-state index in [0.717, 1.165) is 11.3 Å². The minimum atomic E-state index is -0.609. The highest BCUT2D eigenvalue weighted by Crippen LogP contribution is 2.20. The molecule has 1 saturated heterocycles. The van der Waals surface area contributed by atoms with Crippen molar-refractivity contribution in [3.8, 4) is 0 Å². The van der Waals surface area contributed by atoms with E-state index >= 15 is 0 Å². The molecule has 6 heteroatoms. The zero-order chi connectivity index (χ0) is 13.3. The van der Waals surface area contributed by atoms with E-state index in [1.165, 1.54) is 16.2 Å². The number of carbonyl (C=O) groups excluding carboxylic acids is 3. The summed E-state index contributed by atoms with van der Waals surface area (Å²) in [4.78, 5) is 38.0. The lowest BCUT2D eigenvalue weighted by Gasteiger charge is -2.31. The van der Waals surface area contributed by atoms with Gasteiger partial charge < -0.3 is 4.90 Å². The Bertz CT molecular complexity index is 509. The van der Waals surface area contributed by atoms with Crippen LogP contribution >= 0.6 is 11.3 Å². The third-order valence-corrected chi connectivity index (χ3v) is 4.12. The van der Waals surface area contributed by atoms with E-state index in [-0.39, 0.29) is 12.5 Å². The molecule has 1 unspecified atom stereocenters. The van der Waals surface area contributed by atoms with Gasteiger partial charge in [-0.15, -0.1) is 11.3 Å². The summed E-state index contributed by atoms with van der Waals surface area (Å²) < 4.78 is 0. The van der Waals surface area contributed by atoms with Crippen molar-refractivity contribution in [2.45, 2.75) is 26.3 Å². The molecule has 1 aromatic rings. The normalized spacial score (nSPS) is 19.9. The predicted octanol–water partition coefficient (Wildman–Crippen LogP) is 0.798. The van der Waals surface area contributed by atoms with E-state index < -0.39 is 17.9 Å². The van der Waals surface area contributed by atoms with Crippen molar-refractivity contribution in [3.05, 3.63) is 21.9 Å². The van der Waals surface area contributed by atoms with Crippen LogP contribution in [0, 0.1) is 0 Å². The molecule has 0 radical (unpaired) electrons. The number of nitrogens with one attached hydrogen (secondary N) is 1. The van der Waals surface area contributed by atoms with Crippen LogP contribution < -0.4 is 5.32 Å². The van der Waals surface area contributed by atoms with E-state index in [2.05, 4.69) is 5.32 Å². The average molecular weight is 266 g/mol. The molecule has 1 aliphatic heterocycles. The first kappa shape index (κ1) is 12.8. The van der Waals surface area contributed by atoms with E-state index in [1.807, 2.05) is 13.0 Å². The van der Waals surface area contributed by atoms with E-state index in [9.17, 15) is 14.4 Å². The Morgan fingerprint density at radius 1 is 1.50 bits per heavy atom. The van der Waals surface area contributed by atoms with Gasteiger partial charge in [0.2, 0.25) is 11.8 Å². The first-order valence-corrected chi connectivity index (χ1v) is 6.58. The molecule has 1 aliphatic rings. The van der Waals surface area contributed by atoms with Crippen molar-refractivity contribution >= 4 is 29.1 Å². The maximum absolute atomic E-state index is 12.2. The monoisotopic (exact) mass is 266 g/mol. The van der Waals surface area contributed by atoms with Crippen molar-refractivity contribution in [3.63, 3.8) is 0 Å². The first-order valence-electron chi connectivity index (χ1n) is 5.76. The predicted molar refractivity (Wildman–Crippen MR) is 67.3 cm³/mol. The fourth-order valence-electron chi connectivity index (χ4n) is 1.79. The number of imide groups is 1. The van der Waals surface area contributed by atoms with Gasteiger partial charge in [0.05, 0.1) is 4.88 Å². The van der Waals surface area contributed by atoms with Crippen LogP contribution in [0.2, 0.25) is 0 Å². The topological polar surface area (TPSA) is 66.5 Å². The average Bonchev–Trinajstić information content (AvgIpc) is 2.81. The van der Waals surface area contributed by atoms with Gasteiger partial charge in [-0.05, 0) is 25.5 Å². The van der Waals surface area contributed by atoms with Crippen LogP contribution in [0.25, 0.3) is 0 Å². The lowest BCUT2D eigenvalue weighted by molar-refractivity contribution is -0.138. The summed E-state index contributed by atoms with van der Waals surface area (Å²) in [5.74, 6) is -1.11. The van der Waals surface area contributed by atoms with Crippen LogP contribution in [-0.2, 0) is 16.0 Å². The standard InChI is InChI=1S/C12H14N2O3S/c1-3-8-4-5-9(18-8)12(17)14-6-10(15)13-11(16)7(14)2/h4-5,7H,3,6H2,1-2H3,(H,13,15,16). The second-order valence-electron chi connectivity index (χ2n) is 4.14. The lowest BCUT2D eigenvalue weighted by atomic mass is 10.2. The molecular weight excluding hydrogens is 252 g/mol. The number of carbonyl (C=O) groups is 3. The fraction of sp³-hybridized carbons (Fsp3) is 0.417. The molecule has 18 heavy (non-hydrogen) atoms. The molecule has 96 valence electrons. The molecule has 2 rings (SSSR count). The molecule has 1 fully saturated rings. The fourth-order valence-corrected chi connectivity index (χ4v) is 2.69. The van der Waals surface area contributed by atoms with Crippen molar-refractivity contribution in [1.29, 1.82) is 0 Å². The summed E-state index contributed by atoms with van der Waals surface area (Å²) in [6, 6.07) is 3.03. The largest absolute Gasteiger partial charge is 0.317 e. The highest BCUT2D eigenvalue weighted by atomic mass is 32.1. The highest BCUT2D eigenvalue weighted by Gasteiger charge is 2.34. The van der Waals surface area contributed by atoms with Crippen molar-refractivity contribution < 1.29 is 14.4 Å². The van der Waals surface area contributed by atoms with Gasteiger partial charge >= 0.3 is 0 Å². The molecule has 1 atom stereocenters. The third-order valence-electron chi connectivity index (χ3n) is 2.91. The SMILES string of the molecule is CCc1ccc(C(=O)N2CC(=O)NC(=O)C2C)s1. The Hall–Kier alpha value is -1.69. The number of nitrogens with zero attached hydrogens (tertiary/aromatic N) is 1. The Morgan fingerprint density at radius 2 is 2.22 bits per heavy atom. The first-order chi connectivity index (χ1) is 8.52. The zero-order valence-electron chi connectivity index (χ0n) is 10.2. The van der Waals surface area contributed by atoms with Gasteiger partial charge in [-0.1, -0.05) is 6.92 Å². The lowest BCUT2D eigenvalue weighted by Crippen LogP contribution is -2.58. The van der Waals surface area contributed by atoms with Crippen LogP contribution in [0.4, 0.5) is 0 Å². The van der Waals surface area contributed by atoms with Crippen LogP contribution in [0.15, 0.2) is 12.1 Å². The Balaban J connectivity index is 2.21. The molecule has 0 spiro atoms. The summed E-state index contributed by atoms with van der Waals surface area (Å²) in [5.41, 5.74) is 0. The van der Waals surface area contributed by atoms with E-state index in [4.69, 9.17) is 0 Å². The Kier molecular flexibility index (Phi) is 3.47. The van der Waals surface area contributed by atoms with Crippen molar-refractivity contribution in [1.82, 2.24) is 10.2 Å². The van der Waals surface area contributed by atoms with Crippen LogP contribution in [0.1, 0.15) is 28.4 Å². The number of piperazine rings is 1. The number of thiophene rings is 1. The quantitative estimate of drug-likeness (QED) is 0.805. The van der Waals surface area contributed by atoms with Crippen LogP contribution in [0.3, 0.4) is 0 Å². The number of hydrogen-bond donors (Lipinski definition) is 1. The highest BCUT2D eigenvalue weighted by molar-refractivity contribution is 7.14. The molecule has 0 aromatic carbocycles. The Morgan fingerprint density at radius 3 is 2.83 bits per heavy atom. The number of hydrogen-bond acceptors (Lipinski definition) is 4. The van der Waals surface area contributed by atoms with Gasteiger partial charge in [0.1, 0.15) is 12.6 Å². The molecule has 1 aromatic heterocycles. The smallest absolute Gasteiger partial charge is 0.265 e. The molecule has 0 bridgehead atoms. The van der Waals surface area contributed by atoms with Crippen LogP contribution in [0.5, 0.6) is 0 Å². The summed E-state index contributed by atoms with van der Waals surface area (Å²) >= 11 is 1.40. The summed E-state index contributed by atoms with van der Waals surface area (Å²) in [6.07, 6.45) is 0.868. The van der Waals surface area contributed by atoms with Crippen LogP contribution in [-0.4, -0.2) is 35.2 Å². The van der Waals surface area contributed by atoms with Gasteiger partial charge in [0.15, 0.2) is 0 Å². The van der Waals surface area contributed by atoms with Crippen molar-refractivity contribution in [2.75, 3.05) is 6.54 Å². The molecule has 3 amide bonds. The third kappa shape index (κ3) is 2.28. The van der Waals surface area contributed by atoms with Gasteiger partial charge in [0, 0.05) is 4.88 Å². The molecular formula is C12H14N2O3S. The van der Waals surface area contributed by atoms with Gasteiger partial charge in [-0.25, -0.2) is 0 Å². The summed E-state index contributed by atoms with van der Waals surface area (Å²) in [6.45, 7) is 3.57. The molecule has 0 saturated carbocycles. The second-order valence-corrected chi connectivity index (χ2v) is 5.31. The molecule has 5 nitrogen and oxygen atoms in total. The minimum Gasteiger partial charge on any atom is -0.317 e. The maximum atomic E-state index is 12.2. The zero-order valence-corrected chi connectivity index (χ0v) is 11.0. The summed E-state index contributed by atoms with van der Waals surface area (Å²) in [5, 5.41) is 2.21. The molecule has 1 N–H and O–H groups in total. The van der Waals surface area contributed by atoms with Gasteiger partial charge in [0.25, 0.3) is 5.91 Å². The molecule has 2 heterocycles. The second kappa shape index (κ2) is 4.89. The maximum Gasteiger partial charge on any atom is 0.265 e. The van der Waals surface area contributed by atoms with Crippen molar-refractivity contribution in [2.24, 2.45) is 0 Å². The van der Waals surface area contributed by atoms with E-state index in [0.29, 0.717) is 4.88 Å². The minimum absolute atomic E-state index is 0.0644. The Labute approximate surface area is 109 Å². The summed E-state index contributed by atoms with van der Waals surface area (Å²) in [7, 11) is 0.